The predicted octanol–water partition coefficient (Wildman–Crippen LogP) is 2.82. The molecule has 0 aliphatic heterocycles. The van der Waals surface area contributed by atoms with Crippen LogP contribution in [-0.2, 0) is 11.2 Å². The molecule has 5 nitrogen and oxygen atoms in total. The Hall–Kier alpha value is -1.99. The summed E-state index contributed by atoms with van der Waals surface area (Å²) in [5.74, 6) is -0.133. The molecule has 2 aromatic heterocycles. The molecule has 0 radical (unpaired) electrons. The summed E-state index contributed by atoms with van der Waals surface area (Å²) in [6, 6.07) is 6.02. The lowest BCUT2D eigenvalue weighted by Crippen LogP contribution is -2.14. The van der Waals surface area contributed by atoms with Crippen molar-refractivity contribution < 1.29 is 4.79 Å². The van der Waals surface area contributed by atoms with E-state index in [0.29, 0.717) is 16.0 Å². The summed E-state index contributed by atoms with van der Waals surface area (Å²) >= 11 is 2.80. The molecule has 0 atom stereocenters. The van der Waals surface area contributed by atoms with Crippen LogP contribution in [0.15, 0.2) is 23.6 Å². The van der Waals surface area contributed by atoms with Gasteiger partial charge in [-0.25, -0.2) is 9.97 Å². The molecule has 3 N–H and O–H groups in total. The third kappa shape index (κ3) is 2.78. The number of hydrogen-bond acceptors (Lipinski definition) is 6. The van der Waals surface area contributed by atoms with Gasteiger partial charge in [-0.15, -0.1) is 11.3 Å². The van der Waals surface area contributed by atoms with E-state index in [0.717, 1.165) is 10.2 Å². The Morgan fingerprint density at radius 3 is 3.00 bits per heavy atom. The maximum absolute atomic E-state index is 11.9. The highest BCUT2D eigenvalue weighted by Crippen LogP contribution is 2.26. The van der Waals surface area contributed by atoms with E-state index in [4.69, 9.17) is 5.73 Å². The second kappa shape index (κ2) is 5.18. The average molecular weight is 304 g/mol. The van der Waals surface area contributed by atoms with Crippen molar-refractivity contribution in [2.75, 3.05) is 11.1 Å². The molecule has 102 valence electrons. The number of thiazole rings is 2. The minimum absolute atomic E-state index is 0.133. The molecule has 1 amide bonds. The van der Waals surface area contributed by atoms with Crippen LogP contribution in [0.2, 0.25) is 0 Å². The Bertz CT molecular complexity index is 778. The number of nitrogen functional groups attached to an aromatic ring is 1. The van der Waals surface area contributed by atoms with Gasteiger partial charge in [-0.1, -0.05) is 17.4 Å². The van der Waals surface area contributed by atoms with Gasteiger partial charge in [0.15, 0.2) is 10.3 Å². The molecule has 20 heavy (non-hydrogen) atoms. The van der Waals surface area contributed by atoms with Crippen molar-refractivity contribution in [3.05, 3.63) is 34.8 Å². The summed E-state index contributed by atoms with van der Waals surface area (Å²) in [7, 11) is 0. The largest absolute Gasteiger partial charge is 0.375 e. The fraction of sp³-hybridized carbons (Fsp3) is 0.154. The first kappa shape index (κ1) is 13.0. The molecular formula is C13H12N4OS2. The van der Waals surface area contributed by atoms with Crippen LogP contribution in [0.5, 0.6) is 0 Å². The van der Waals surface area contributed by atoms with Crippen molar-refractivity contribution in [1.29, 1.82) is 0 Å². The maximum Gasteiger partial charge on any atom is 0.232 e. The van der Waals surface area contributed by atoms with Crippen LogP contribution < -0.4 is 11.1 Å². The molecule has 0 bridgehead atoms. The highest BCUT2D eigenvalue weighted by molar-refractivity contribution is 7.22. The van der Waals surface area contributed by atoms with E-state index in [1.54, 1.807) is 5.38 Å². The van der Waals surface area contributed by atoms with E-state index in [1.165, 1.54) is 28.2 Å². The molecule has 0 unspecified atom stereocenters. The number of aryl methyl sites for hydroxylation is 1. The van der Waals surface area contributed by atoms with Gasteiger partial charge in [-0.3, -0.25) is 4.79 Å². The molecule has 7 heteroatoms. The lowest BCUT2D eigenvalue weighted by molar-refractivity contribution is -0.115. The number of nitrogens with one attached hydrogen (secondary N) is 1. The van der Waals surface area contributed by atoms with Crippen molar-refractivity contribution in [1.82, 2.24) is 9.97 Å². The van der Waals surface area contributed by atoms with Gasteiger partial charge in [0.25, 0.3) is 0 Å². The Balaban J connectivity index is 1.73. The highest BCUT2D eigenvalue weighted by Gasteiger charge is 2.10. The van der Waals surface area contributed by atoms with Crippen LogP contribution in [0.4, 0.5) is 10.3 Å². The lowest BCUT2D eigenvalue weighted by atomic mass is 10.2. The van der Waals surface area contributed by atoms with Crippen molar-refractivity contribution in [3.63, 3.8) is 0 Å². The Morgan fingerprint density at radius 1 is 1.40 bits per heavy atom. The molecule has 0 aliphatic carbocycles. The number of carbonyl (C=O) groups is 1. The molecule has 0 aliphatic rings. The van der Waals surface area contributed by atoms with Crippen LogP contribution in [0, 0.1) is 6.92 Å². The first-order valence-electron chi connectivity index (χ1n) is 5.97. The summed E-state index contributed by atoms with van der Waals surface area (Å²) in [6.07, 6.45) is 0.211. The SMILES string of the molecule is Cc1ccc2nc(NC(=O)Cc3csc(N)n3)sc2c1. The van der Waals surface area contributed by atoms with Crippen LogP contribution in [0.25, 0.3) is 10.2 Å². The Morgan fingerprint density at radius 2 is 2.25 bits per heavy atom. The second-order valence-corrected chi connectivity index (χ2v) is 6.31. The molecular weight excluding hydrogens is 292 g/mol. The zero-order valence-corrected chi connectivity index (χ0v) is 12.3. The summed E-state index contributed by atoms with van der Waals surface area (Å²) in [5.41, 5.74) is 8.29. The number of rotatable bonds is 3. The molecule has 2 heterocycles. The zero-order chi connectivity index (χ0) is 14.1. The maximum atomic E-state index is 11.9. The number of carbonyl (C=O) groups excluding carboxylic acids is 1. The van der Waals surface area contributed by atoms with E-state index in [-0.39, 0.29) is 12.3 Å². The zero-order valence-electron chi connectivity index (χ0n) is 10.7. The van der Waals surface area contributed by atoms with Crippen LogP contribution in [0.3, 0.4) is 0 Å². The fourth-order valence-electron chi connectivity index (χ4n) is 1.82. The molecule has 0 fully saturated rings. The van der Waals surface area contributed by atoms with Gasteiger partial charge in [-0.2, -0.15) is 0 Å². The highest BCUT2D eigenvalue weighted by atomic mass is 32.1. The number of benzene rings is 1. The average Bonchev–Trinajstić information content (AvgIpc) is 2.94. The number of hydrogen-bond donors (Lipinski definition) is 2. The van der Waals surface area contributed by atoms with E-state index < -0.39 is 0 Å². The molecule has 3 rings (SSSR count). The van der Waals surface area contributed by atoms with Crippen molar-refractivity contribution in [3.8, 4) is 0 Å². The van der Waals surface area contributed by atoms with Crippen molar-refractivity contribution in [2.45, 2.75) is 13.3 Å². The van der Waals surface area contributed by atoms with E-state index in [2.05, 4.69) is 21.4 Å². The third-order valence-corrected chi connectivity index (χ3v) is 4.36. The number of nitrogens with two attached hydrogens (primary N) is 1. The van der Waals surface area contributed by atoms with Crippen LogP contribution in [0.1, 0.15) is 11.3 Å². The molecule has 0 spiro atoms. The predicted molar refractivity (Wildman–Crippen MR) is 83.2 cm³/mol. The fourth-order valence-corrected chi connectivity index (χ4v) is 3.36. The normalized spacial score (nSPS) is 10.8. The minimum atomic E-state index is -0.133. The van der Waals surface area contributed by atoms with Gasteiger partial charge in [0.1, 0.15) is 0 Å². The number of aromatic nitrogens is 2. The Kier molecular flexibility index (Phi) is 3.37. The summed E-state index contributed by atoms with van der Waals surface area (Å²) < 4.78 is 1.07. The molecule has 3 aromatic rings. The second-order valence-electron chi connectivity index (χ2n) is 4.39. The minimum Gasteiger partial charge on any atom is -0.375 e. The quantitative estimate of drug-likeness (QED) is 0.779. The van der Waals surface area contributed by atoms with Gasteiger partial charge < -0.3 is 11.1 Å². The Labute approximate surface area is 123 Å². The number of anilines is 2. The van der Waals surface area contributed by atoms with Gasteiger partial charge in [0, 0.05) is 5.38 Å². The first-order valence-corrected chi connectivity index (χ1v) is 7.67. The molecule has 0 saturated carbocycles. The number of amides is 1. The summed E-state index contributed by atoms with van der Waals surface area (Å²) in [4.78, 5) is 20.4. The standard InChI is InChI=1S/C13H12N4OS2/c1-7-2-3-9-10(4-7)20-13(16-9)17-11(18)5-8-6-19-12(14)15-8/h2-4,6H,5H2,1H3,(H2,14,15)(H,16,17,18). The number of nitrogens with zero attached hydrogens (tertiary/aromatic N) is 2. The van der Waals surface area contributed by atoms with Crippen LogP contribution in [-0.4, -0.2) is 15.9 Å². The molecule has 1 aromatic carbocycles. The monoisotopic (exact) mass is 304 g/mol. The van der Waals surface area contributed by atoms with Crippen molar-refractivity contribution >= 4 is 49.1 Å². The topological polar surface area (TPSA) is 80.9 Å². The first-order chi connectivity index (χ1) is 9.60. The number of fused-ring (bicyclic) bond motifs is 1. The third-order valence-electron chi connectivity index (χ3n) is 2.70. The van der Waals surface area contributed by atoms with Crippen LogP contribution >= 0.6 is 22.7 Å². The molecule has 0 saturated heterocycles. The van der Waals surface area contributed by atoms with E-state index >= 15 is 0 Å². The van der Waals surface area contributed by atoms with E-state index in [9.17, 15) is 4.79 Å². The van der Waals surface area contributed by atoms with Gasteiger partial charge >= 0.3 is 0 Å². The van der Waals surface area contributed by atoms with Gasteiger partial charge in [0.2, 0.25) is 5.91 Å². The lowest BCUT2D eigenvalue weighted by Gasteiger charge is -1.98. The van der Waals surface area contributed by atoms with Gasteiger partial charge in [0.05, 0.1) is 22.3 Å². The van der Waals surface area contributed by atoms with Crippen molar-refractivity contribution in [2.24, 2.45) is 0 Å². The summed E-state index contributed by atoms with van der Waals surface area (Å²) in [6.45, 7) is 2.03. The smallest absolute Gasteiger partial charge is 0.232 e. The van der Waals surface area contributed by atoms with Gasteiger partial charge in [-0.05, 0) is 24.6 Å². The van der Waals surface area contributed by atoms with E-state index in [1.807, 2.05) is 19.1 Å². The summed E-state index contributed by atoms with van der Waals surface area (Å²) in [5, 5.41) is 5.67.